The number of anilines is 1. The van der Waals surface area contributed by atoms with Gasteiger partial charge in [-0.15, -0.1) is 0 Å². The summed E-state index contributed by atoms with van der Waals surface area (Å²) in [6, 6.07) is 5.23. The molecule has 4 nitrogen and oxygen atoms in total. The van der Waals surface area contributed by atoms with Gasteiger partial charge in [-0.3, -0.25) is 9.69 Å². The van der Waals surface area contributed by atoms with Crippen molar-refractivity contribution in [2.75, 3.05) is 18.1 Å². The Bertz CT molecular complexity index is 460. The minimum Gasteiger partial charge on any atom is -0.482 e. The monoisotopic (exact) mass is 254 g/mol. The molecule has 0 bridgehead atoms. The fourth-order valence-electron chi connectivity index (χ4n) is 1.88. The summed E-state index contributed by atoms with van der Waals surface area (Å²) in [4.78, 5) is 13.6. The van der Waals surface area contributed by atoms with E-state index in [1.165, 1.54) is 0 Å². The first kappa shape index (κ1) is 12.2. The third-order valence-corrected chi connectivity index (χ3v) is 3.10. The van der Waals surface area contributed by atoms with Gasteiger partial charge in [0.25, 0.3) is 5.91 Å². The highest BCUT2D eigenvalue weighted by atomic mass is 35.5. The molecule has 0 atom stereocenters. The summed E-state index contributed by atoms with van der Waals surface area (Å²) in [5.74, 6) is 0.561. The summed E-state index contributed by atoms with van der Waals surface area (Å²) in [6.07, 6.45) is 0. The molecule has 1 aromatic rings. The summed E-state index contributed by atoms with van der Waals surface area (Å²) in [6.45, 7) is 4.24. The number of hydrogen-bond donors (Lipinski definition) is 1. The molecule has 0 saturated carbocycles. The number of carbonyl (C=O) groups is 1. The highest BCUT2D eigenvalue weighted by Crippen LogP contribution is 2.37. The molecule has 2 N–H and O–H groups in total. The van der Waals surface area contributed by atoms with E-state index in [1.54, 1.807) is 23.1 Å². The molecule has 0 aromatic heterocycles. The lowest BCUT2D eigenvalue weighted by Gasteiger charge is -2.40. The first-order valence-electron chi connectivity index (χ1n) is 5.41. The van der Waals surface area contributed by atoms with E-state index >= 15 is 0 Å². The Hall–Kier alpha value is -1.26. The second kappa shape index (κ2) is 4.20. The van der Waals surface area contributed by atoms with E-state index in [0.29, 0.717) is 23.0 Å². The topological polar surface area (TPSA) is 55.6 Å². The number of halogens is 1. The average Bonchev–Trinajstić information content (AvgIpc) is 2.28. The van der Waals surface area contributed by atoms with E-state index in [9.17, 15) is 4.79 Å². The highest BCUT2D eigenvalue weighted by Gasteiger charge is 2.36. The van der Waals surface area contributed by atoms with Crippen LogP contribution in [0.15, 0.2) is 18.2 Å². The van der Waals surface area contributed by atoms with Crippen molar-refractivity contribution >= 4 is 23.2 Å². The molecule has 1 aromatic carbocycles. The van der Waals surface area contributed by atoms with Gasteiger partial charge in [0, 0.05) is 11.6 Å². The number of rotatable bonds is 2. The Morgan fingerprint density at radius 3 is 2.88 bits per heavy atom. The lowest BCUT2D eigenvalue weighted by molar-refractivity contribution is -0.122. The standard InChI is InChI=1S/C12H15ClN2O2/c1-12(2,7-14)15-9-5-8(13)3-4-10(9)17-6-11(15)16/h3-5H,6-7,14H2,1-2H3. The SMILES string of the molecule is CC(C)(CN)N1C(=O)COc2ccc(Cl)cc21. The van der Waals surface area contributed by atoms with Crippen molar-refractivity contribution in [3.8, 4) is 5.75 Å². The Labute approximate surface area is 105 Å². The Morgan fingerprint density at radius 1 is 1.53 bits per heavy atom. The molecule has 0 radical (unpaired) electrons. The van der Waals surface area contributed by atoms with Crippen LogP contribution in [0.3, 0.4) is 0 Å². The molecule has 1 aliphatic heterocycles. The molecule has 5 heteroatoms. The van der Waals surface area contributed by atoms with Crippen molar-refractivity contribution in [2.24, 2.45) is 5.73 Å². The molecule has 17 heavy (non-hydrogen) atoms. The van der Waals surface area contributed by atoms with E-state index in [4.69, 9.17) is 22.1 Å². The van der Waals surface area contributed by atoms with E-state index in [0.717, 1.165) is 0 Å². The Kier molecular flexibility index (Phi) is 3.02. The van der Waals surface area contributed by atoms with Crippen molar-refractivity contribution in [3.05, 3.63) is 23.2 Å². The largest absolute Gasteiger partial charge is 0.482 e. The minimum absolute atomic E-state index is 0.0397. The number of nitrogens with zero attached hydrogens (tertiary/aromatic N) is 1. The first-order valence-corrected chi connectivity index (χ1v) is 5.79. The lowest BCUT2D eigenvalue weighted by atomic mass is 10.0. The number of amides is 1. The van der Waals surface area contributed by atoms with Crippen LogP contribution in [-0.4, -0.2) is 24.6 Å². The van der Waals surface area contributed by atoms with Gasteiger partial charge < -0.3 is 10.5 Å². The fourth-order valence-corrected chi connectivity index (χ4v) is 2.05. The van der Waals surface area contributed by atoms with Crippen molar-refractivity contribution < 1.29 is 9.53 Å². The Morgan fingerprint density at radius 2 is 2.24 bits per heavy atom. The van der Waals surface area contributed by atoms with E-state index < -0.39 is 5.54 Å². The van der Waals surface area contributed by atoms with Gasteiger partial charge in [-0.1, -0.05) is 11.6 Å². The van der Waals surface area contributed by atoms with Gasteiger partial charge >= 0.3 is 0 Å². The lowest BCUT2D eigenvalue weighted by Crippen LogP contribution is -2.55. The van der Waals surface area contributed by atoms with Crippen LogP contribution in [0.4, 0.5) is 5.69 Å². The molecule has 0 saturated heterocycles. The van der Waals surface area contributed by atoms with Gasteiger partial charge in [-0.05, 0) is 32.0 Å². The van der Waals surface area contributed by atoms with Gasteiger partial charge in [0.1, 0.15) is 5.75 Å². The second-order valence-corrected chi connectivity index (χ2v) is 5.08. The highest BCUT2D eigenvalue weighted by molar-refractivity contribution is 6.31. The normalized spacial score (nSPS) is 15.5. The number of nitrogens with two attached hydrogens (primary N) is 1. The number of fused-ring (bicyclic) bond motifs is 1. The van der Waals surface area contributed by atoms with Crippen LogP contribution in [0.25, 0.3) is 0 Å². The maximum Gasteiger partial charge on any atom is 0.265 e. The van der Waals surface area contributed by atoms with Gasteiger partial charge in [-0.2, -0.15) is 0 Å². The number of hydrogen-bond acceptors (Lipinski definition) is 3. The molecular weight excluding hydrogens is 240 g/mol. The quantitative estimate of drug-likeness (QED) is 0.876. The number of carbonyl (C=O) groups excluding carboxylic acids is 1. The van der Waals surface area contributed by atoms with E-state index in [2.05, 4.69) is 0 Å². The van der Waals surface area contributed by atoms with Gasteiger partial charge in [0.15, 0.2) is 6.61 Å². The zero-order chi connectivity index (χ0) is 12.6. The molecule has 0 spiro atoms. The summed E-state index contributed by atoms with van der Waals surface area (Å²) in [5.41, 5.74) is 5.95. The van der Waals surface area contributed by atoms with Gasteiger partial charge in [-0.25, -0.2) is 0 Å². The third-order valence-electron chi connectivity index (χ3n) is 2.87. The molecule has 0 fully saturated rings. The summed E-state index contributed by atoms with van der Waals surface area (Å²) in [5, 5.41) is 0.569. The summed E-state index contributed by atoms with van der Waals surface area (Å²) >= 11 is 5.96. The Balaban J connectivity index is 2.53. The van der Waals surface area contributed by atoms with E-state index in [1.807, 2.05) is 13.8 Å². The summed E-state index contributed by atoms with van der Waals surface area (Å²) < 4.78 is 5.37. The molecular formula is C12H15ClN2O2. The van der Waals surface area contributed by atoms with Crippen molar-refractivity contribution in [1.82, 2.24) is 0 Å². The first-order chi connectivity index (χ1) is 7.95. The predicted octanol–water partition coefficient (Wildman–Crippen LogP) is 1.80. The van der Waals surface area contributed by atoms with Crippen LogP contribution in [0.2, 0.25) is 5.02 Å². The van der Waals surface area contributed by atoms with Gasteiger partial charge in [0.2, 0.25) is 0 Å². The molecule has 2 rings (SSSR count). The maximum absolute atomic E-state index is 12.0. The predicted molar refractivity (Wildman–Crippen MR) is 67.6 cm³/mol. The zero-order valence-corrected chi connectivity index (χ0v) is 10.6. The van der Waals surface area contributed by atoms with Crippen molar-refractivity contribution in [3.63, 3.8) is 0 Å². The van der Waals surface area contributed by atoms with Crippen LogP contribution in [0.5, 0.6) is 5.75 Å². The van der Waals surface area contributed by atoms with Crippen LogP contribution >= 0.6 is 11.6 Å². The summed E-state index contributed by atoms with van der Waals surface area (Å²) in [7, 11) is 0. The molecule has 0 aliphatic carbocycles. The molecule has 0 unspecified atom stereocenters. The van der Waals surface area contributed by atoms with Crippen LogP contribution < -0.4 is 15.4 Å². The third kappa shape index (κ3) is 2.10. The van der Waals surface area contributed by atoms with Crippen molar-refractivity contribution in [2.45, 2.75) is 19.4 Å². The molecule has 1 heterocycles. The minimum atomic E-state index is -0.458. The fraction of sp³-hybridized carbons (Fsp3) is 0.417. The number of ether oxygens (including phenoxy) is 1. The smallest absolute Gasteiger partial charge is 0.265 e. The van der Waals surface area contributed by atoms with Crippen LogP contribution in [0.1, 0.15) is 13.8 Å². The maximum atomic E-state index is 12.0. The zero-order valence-electron chi connectivity index (χ0n) is 9.87. The average molecular weight is 255 g/mol. The number of benzene rings is 1. The van der Waals surface area contributed by atoms with Crippen LogP contribution in [-0.2, 0) is 4.79 Å². The van der Waals surface area contributed by atoms with E-state index in [-0.39, 0.29) is 12.5 Å². The molecule has 1 amide bonds. The molecule has 92 valence electrons. The molecule has 1 aliphatic rings. The van der Waals surface area contributed by atoms with Crippen LogP contribution in [0, 0.1) is 0 Å². The van der Waals surface area contributed by atoms with Crippen molar-refractivity contribution in [1.29, 1.82) is 0 Å². The van der Waals surface area contributed by atoms with Gasteiger partial charge in [0.05, 0.1) is 11.2 Å². The second-order valence-electron chi connectivity index (χ2n) is 4.65.